The Hall–Kier alpha value is 0.110. The van der Waals surface area contributed by atoms with Gasteiger partial charge in [-0.15, -0.1) is 0 Å². The van der Waals surface area contributed by atoms with Crippen LogP contribution in [0.4, 0.5) is 0 Å². The third-order valence-electron chi connectivity index (χ3n) is 4.82. The topological polar surface area (TPSA) is 44.8 Å². The van der Waals surface area contributed by atoms with Crippen LogP contribution in [0.1, 0.15) is 124 Å². The monoisotopic (exact) mass is 406 g/mol. The van der Waals surface area contributed by atoms with Crippen molar-refractivity contribution < 1.29 is 18.1 Å². The molecule has 5 heteroatoms. The third kappa shape index (κ3) is 19.2. The minimum atomic E-state index is -3.31. The minimum absolute atomic E-state index is 0.343. The molecule has 0 aliphatic rings. The van der Waals surface area contributed by atoms with Gasteiger partial charge in [-0.2, -0.15) is 0 Å². The van der Waals surface area contributed by atoms with Crippen molar-refractivity contribution in [2.24, 2.45) is 0 Å². The molecule has 4 nitrogen and oxygen atoms in total. The van der Waals surface area contributed by atoms with Crippen LogP contribution in [0.15, 0.2) is 0 Å². The maximum atomic E-state index is 12.1. The van der Waals surface area contributed by atoms with Crippen molar-refractivity contribution in [2.75, 3.05) is 19.8 Å². The fourth-order valence-corrected chi connectivity index (χ4v) is 4.46. The van der Waals surface area contributed by atoms with Crippen LogP contribution in [0.3, 0.4) is 0 Å². The largest absolute Gasteiger partial charge is 0.474 e. The first kappa shape index (κ1) is 27.1. The Morgan fingerprint density at radius 1 is 0.481 bits per heavy atom. The number of hydrogen-bond acceptors (Lipinski definition) is 4. The molecular formula is C22H47O4P. The van der Waals surface area contributed by atoms with Gasteiger partial charge in [0.15, 0.2) is 0 Å². The molecule has 0 aromatic carbocycles. The van der Waals surface area contributed by atoms with Crippen LogP contribution in [-0.4, -0.2) is 19.8 Å². The molecule has 0 amide bonds. The molecule has 0 atom stereocenters. The van der Waals surface area contributed by atoms with Crippen LogP contribution in [0.2, 0.25) is 0 Å². The van der Waals surface area contributed by atoms with Crippen LogP contribution < -0.4 is 0 Å². The molecule has 0 bridgehead atoms. The predicted molar refractivity (Wildman–Crippen MR) is 116 cm³/mol. The lowest BCUT2D eigenvalue weighted by Gasteiger charge is -2.16. The van der Waals surface area contributed by atoms with E-state index in [2.05, 4.69) is 6.92 Å². The molecule has 0 unspecified atom stereocenters. The van der Waals surface area contributed by atoms with Gasteiger partial charge in [0.05, 0.1) is 19.8 Å². The van der Waals surface area contributed by atoms with Crippen LogP contribution in [-0.2, 0) is 18.1 Å². The Labute approximate surface area is 169 Å². The first-order chi connectivity index (χ1) is 13.2. The van der Waals surface area contributed by atoms with Gasteiger partial charge in [0, 0.05) is 0 Å². The Balaban J connectivity index is 3.26. The Kier molecular flexibility index (Phi) is 20.9. The second-order valence-electron chi connectivity index (χ2n) is 7.42. The molecule has 0 aromatic rings. The summed E-state index contributed by atoms with van der Waals surface area (Å²) in [7, 11) is -3.31. The van der Waals surface area contributed by atoms with Crippen LogP contribution in [0.25, 0.3) is 0 Å². The molecule has 0 aliphatic carbocycles. The molecule has 0 spiro atoms. The van der Waals surface area contributed by atoms with Crippen molar-refractivity contribution in [3.63, 3.8) is 0 Å². The second-order valence-corrected chi connectivity index (χ2v) is 9.09. The molecule has 164 valence electrons. The Morgan fingerprint density at radius 2 is 0.815 bits per heavy atom. The number of phosphoric ester groups is 1. The Bertz CT molecular complexity index is 326. The zero-order valence-electron chi connectivity index (χ0n) is 18.5. The number of phosphoric acid groups is 1. The summed E-state index contributed by atoms with van der Waals surface area (Å²) in [5.41, 5.74) is 0. The smallest absolute Gasteiger partial charge is 0.287 e. The molecule has 0 N–H and O–H groups in total. The lowest BCUT2D eigenvalue weighted by molar-refractivity contribution is 0.120. The van der Waals surface area contributed by atoms with Gasteiger partial charge in [-0.3, -0.25) is 13.6 Å². The molecular weight excluding hydrogens is 359 g/mol. The summed E-state index contributed by atoms with van der Waals surface area (Å²) >= 11 is 0. The van der Waals surface area contributed by atoms with Gasteiger partial charge < -0.3 is 0 Å². The quantitative estimate of drug-likeness (QED) is 0.134. The fourth-order valence-electron chi connectivity index (χ4n) is 3.25. The van der Waals surface area contributed by atoms with E-state index in [0.29, 0.717) is 19.8 Å². The summed E-state index contributed by atoms with van der Waals surface area (Å²) in [5, 5.41) is 0. The summed E-state index contributed by atoms with van der Waals surface area (Å²) in [6, 6.07) is 0. The van der Waals surface area contributed by atoms with Crippen molar-refractivity contribution in [3.8, 4) is 0 Å². The van der Waals surface area contributed by atoms with Crippen LogP contribution >= 0.6 is 7.82 Å². The average Bonchev–Trinajstić information content (AvgIpc) is 2.64. The zero-order valence-corrected chi connectivity index (χ0v) is 19.4. The van der Waals surface area contributed by atoms with E-state index in [4.69, 9.17) is 13.6 Å². The lowest BCUT2D eigenvalue weighted by atomic mass is 10.0. The fraction of sp³-hybridized carbons (Fsp3) is 1.00. The molecule has 0 aromatic heterocycles. The van der Waals surface area contributed by atoms with Crippen molar-refractivity contribution >= 4 is 7.82 Å². The first-order valence-corrected chi connectivity index (χ1v) is 13.2. The van der Waals surface area contributed by atoms with Crippen LogP contribution in [0.5, 0.6) is 0 Å². The standard InChI is InChI=1S/C22H47O4P/c1-4-7-8-9-10-11-12-13-14-15-16-17-18-19-20-21-22-26-27(23,24-5-2)25-6-3/h4-22H2,1-3H3. The molecule has 0 saturated heterocycles. The molecule has 0 saturated carbocycles. The van der Waals surface area contributed by atoms with E-state index < -0.39 is 7.82 Å². The predicted octanol–water partition coefficient (Wildman–Crippen LogP) is 8.45. The normalized spacial score (nSPS) is 12.0. The molecule has 0 heterocycles. The second kappa shape index (κ2) is 20.8. The van der Waals surface area contributed by atoms with E-state index in [9.17, 15) is 4.57 Å². The van der Waals surface area contributed by atoms with Crippen molar-refractivity contribution in [2.45, 2.75) is 124 Å². The molecule has 0 rings (SSSR count). The number of unbranched alkanes of at least 4 members (excludes halogenated alkanes) is 15. The van der Waals surface area contributed by atoms with Gasteiger partial charge in [0.25, 0.3) is 0 Å². The lowest BCUT2D eigenvalue weighted by Crippen LogP contribution is -2.01. The van der Waals surface area contributed by atoms with E-state index in [1.54, 1.807) is 13.8 Å². The van der Waals surface area contributed by atoms with Crippen molar-refractivity contribution in [1.82, 2.24) is 0 Å². The number of hydrogen-bond donors (Lipinski definition) is 0. The van der Waals surface area contributed by atoms with Gasteiger partial charge in [-0.1, -0.05) is 103 Å². The molecule has 27 heavy (non-hydrogen) atoms. The Morgan fingerprint density at radius 3 is 1.15 bits per heavy atom. The van der Waals surface area contributed by atoms with E-state index in [1.807, 2.05) is 0 Å². The summed E-state index contributed by atoms with van der Waals surface area (Å²) in [5.74, 6) is 0. The molecule has 0 fully saturated rings. The van der Waals surface area contributed by atoms with E-state index in [0.717, 1.165) is 12.8 Å². The minimum Gasteiger partial charge on any atom is -0.287 e. The zero-order chi connectivity index (χ0) is 20.1. The van der Waals surface area contributed by atoms with E-state index in [-0.39, 0.29) is 0 Å². The van der Waals surface area contributed by atoms with E-state index in [1.165, 1.54) is 89.9 Å². The van der Waals surface area contributed by atoms with Gasteiger partial charge in [0.2, 0.25) is 0 Å². The SMILES string of the molecule is CCCCCCCCCCCCCCCCCCOP(=O)(OCC)OCC. The summed E-state index contributed by atoms with van der Waals surface area (Å²) < 4.78 is 27.7. The summed E-state index contributed by atoms with van der Waals surface area (Å²) in [6.45, 7) is 7.01. The van der Waals surface area contributed by atoms with Gasteiger partial charge in [-0.25, -0.2) is 4.57 Å². The highest BCUT2D eigenvalue weighted by Gasteiger charge is 2.24. The number of rotatable bonds is 22. The summed E-state index contributed by atoms with van der Waals surface area (Å²) in [4.78, 5) is 0. The van der Waals surface area contributed by atoms with Gasteiger partial charge in [0.1, 0.15) is 0 Å². The highest BCUT2D eigenvalue weighted by Crippen LogP contribution is 2.49. The molecule has 0 aliphatic heterocycles. The maximum Gasteiger partial charge on any atom is 0.474 e. The highest BCUT2D eigenvalue weighted by molar-refractivity contribution is 7.48. The average molecular weight is 407 g/mol. The summed E-state index contributed by atoms with van der Waals surface area (Å²) in [6.07, 6.45) is 21.4. The van der Waals surface area contributed by atoms with Crippen molar-refractivity contribution in [3.05, 3.63) is 0 Å². The third-order valence-corrected chi connectivity index (χ3v) is 6.47. The van der Waals surface area contributed by atoms with Crippen molar-refractivity contribution in [1.29, 1.82) is 0 Å². The molecule has 0 radical (unpaired) electrons. The van der Waals surface area contributed by atoms with Crippen LogP contribution in [0, 0.1) is 0 Å². The maximum absolute atomic E-state index is 12.1. The first-order valence-electron chi connectivity index (χ1n) is 11.7. The van der Waals surface area contributed by atoms with Gasteiger partial charge >= 0.3 is 7.82 Å². The highest BCUT2D eigenvalue weighted by atomic mass is 31.2. The van der Waals surface area contributed by atoms with Gasteiger partial charge in [-0.05, 0) is 20.3 Å². The van der Waals surface area contributed by atoms with E-state index >= 15 is 0 Å².